The zero-order chi connectivity index (χ0) is 24.9. The van der Waals surface area contributed by atoms with Gasteiger partial charge in [0.2, 0.25) is 0 Å². The van der Waals surface area contributed by atoms with Crippen LogP contribution in [0.1, 0.15) is 47.1 Å². The van der Waals surface area contributed by atoms with Gasteiger partial charge in [-0.2, -0.15) is 0 Å². The molecule has 35 heavy (non-hydrogen) atoms. The number of piperidine rings is 1. The first-order chi connectivity index (χ1) is 16.9. The molecule has 1 unspecified atom stereocenters. The minimum absolute atomic E-state index is 0.0259. The Morgan fingerprint density at radius 1 is 1.14 bits per heavy atom. The Morgan fingerprint density at radius 2 is 1.91 bits per heavy atom. The molecule has 2 saturated heterocycles. The molecule has 1 amide bonds. The van der Waals surface area contributed by atoms with Crippen molar-refractivity contribution in [2.75, 3.05) is 58.0 Å². The third-order valence-electron chi connectivity index (χ3n) is 7.06. The molecule has 0 saturated carbocycles. The van der Waals surface area contributed by atoms with E-state index in [9.17, 15) is 9.59 Å². The molecule has 1 aromatic heterocycles. The molecule has 3 heterocycles. The summed E-state index contributed by atoms with van der Waals surface area (Å²) in [6, 6.07) is 7.96. The monoisotopic (exact) mass is 483 g/mol. The van der Waals surface area contributed by atoms with Crippen LogP contribution in [0, 0.1) is 19.8 Å². The number of hydrogen-bond acceptors (Lipinski definition) is 6. The number of amides is 1. The van der Waals surface area contributed by atoms with Crippen LogP contribution in [-0.2, 0) is 20.8 Å². The number of carbonyl (C=O) groups excluding carboxylic acids is 2. The second-order valence-electron chi connectivity index (χ2n) is 9.29. The van der Waals surface area contributed by atoms with E-state index in [0.717, 1.165) is 54.2 Å². The molecule has 2 fully saturated rings. The fraction of sp³-hybridized carbons (Fsp3) is 0.556. The SMILES string of the molecule is CCOC(=O)C1CCCN(C(=O)c2c(C)c(N3CCOCC3)c(C)n2Cc2cccc(OC)c2)C1. The maximum absolute atomic E-state index is 14.0. The number of carbonyl (C=O) groups is 2. The van der Waals surface area contributed by atoms with Crippen molar-refractivity contribution in [2.24, 2.45) is 5.92 Å². The third-order valence-corrected chi connectivity index (χ3v) is 7.06. The van der Waals surface area contributed by atoms with Gasteiger partial charge >= 0.3 is 5.97 Å². The second kappa shape index (κ2) is 11.2. The van der Waals surface area contributed by atoms with E-state index in [2.05, 4.69) is 22.5 Å². The predicted octanol–water partition coefficient (Wildman–Crippen LogP) is 3.41. The van der Waals surface area contributed by atoms with Crippen LogP contribution in [0.15, 0.2) is 24.3 Å². The maximum atomic E-state index is 14.0. The summed E-state index contributed by atoms with van der Waals surface area (Å²) in [5, 5.41) is 0. The van der Waals surface area contributed by atoms with E-state index in [1.54, 1.807) is 7.11 Å². The molecule has 1 atom stereocenters. The molecule has 190 valence electrons. The van der Waals surface area contributed by atoms with Gasteiger partial charge in [-0.1, -0.05) is 12.1 Å². The Bertz CT molecular complexity index is 1060. The van der Waals surface area contributed by atoms with Crippen LogP contribution in [0.2, 0.25) is 0 Å². The van der Waals surface area contributed by atoms with Gasteiger partial charge in [0.05, 0.1) is 38.5 Å². The van der Waals surface area contributed by atoms with Crippen molar-refractivity contribution in [2.45, 2.75) is 40.2 Å². The first-order valence-corrected chi connectivity index (χ1v) is 12.6. The van der Waals surface area contributed by atoms with Crippen molar-refractivity contribution >= 4 is 17.6 Å². The number of benzene rings is 1. The summed E-state index contributed by atoms with van der Waals surface area (Å²) in [7, 11) is 1.66. The number of rotatable bonds is 7. The minimum atomic E-state index is -0.269. The van der Waals surface area contributed by atoms with Crippen molar-refractivity contribution in [3.05, 3.63) is 46.8 Å². The Morgan fingerprint density at radius 3 is 2.63 bits per heavy atom. The van der Waals surface area contributed by atoms with Crippen LogP contribution in [0.3, 0.4) is 0 Å². The van der Waals surface area contributed by atoms with Crippen molar-refractivity contribution in [3.8, 4) is 5.75 Å². The topological polar surface area (TPSA) is 73.2 Å². The number of methoxy groups -OCH3 is 1. The first kappa shape index (κ1) is 25.1. The number of morpholine rings is 1. The van der Waals surface area contributed by atoms with Crippen LogP contribution in [0.4, 0.5) is 5.69 Å². The summed E-state index contributed by atoms with van der Waals surface area (Å²) in [4.78, 5) is 30.6. The summed E-state index contributed by atoms with van der Waals surface area (Å²) >= 11 is 0. The Balaban J connectivity index is 1.71. The lowest BCUT2D eigenvalue weighted by Crippen LogP contribution is -2.43. The molecule has 0 radical (unpaired) electrons. The summed E-state index contributed by atoms with van der Waals surface area (Å²) in [5.74, 6) is 0.286. The Hall–Kier alpha value is -3.00. The van der Waals surface area contributed by atoms with Crippen LogP contribution < -0.4 is 9.64 Å². The van der Waals surface area contributed by atoms with E-state index < -0.39 is 0 Å². The van der Waals surface area contributed by atoms with Gasteiger partial charge in [-0.3, -0.25) is 9.59 Å². The van der Waals surface area contributed by atoms with Gasteiger partial charge in [-0.05, 0) is 51.3 Å². The lowest BCUT2D eigenvalue weighted by atomic mass is 9.97. The summed E-state index contributed by atoms with van der Waals surface area (Å²) in [6.45, 7) is 10.9. The molecule has 2 aliphatic rings. The molecule has 1 aromatic carbocycles. The number of esters is 1. The quantitative estimate of drug-likeness (QED) is 0.562. The number of hydrogen-bond donors (Lipinski definition) is 0. The van der Waals surface area contributed by atoms with Crippen LogP contribution in [0.5, 0.6) is 5.75 Å². The van der Waals surface area contributed by atoms with E-state index >= 15 is 0 Å². The van der Waals surface area contributed by atoms with Gasteiger partial charge in [-0.15, -0.1) is 0 Å². The van der Waals surface area contributed by atoms with Crippen molar-refractivity contribution < 1.29 is 23.8 Å². The van der Waals surface area contributed by atoms with E-state index in [4.69, 9.17) is 14.2 Å². The van der Waals surface area contributed by atoms with E-state index in [1.165, 1.54) is 0 Å². The predicted molar refractivity (Wildman–Crippen MR) is 134 cm³/mol. The first-order valence-electron chi connectivity index (χ1n) is 12.6. The minimum Gasteiger partial charge on any atom is -0.497 e. The highest BCUT2D eigenvalue weighted by Crippen LogP contribution is 2.34. The molecule has 0 bridgehead atoms. The number of anilines is 1. The lowest BCUT2D eigenvalue weighted by Gasteiger charge is -2.32. The van der Waals surface area contributed by atoms with Gasteiger partial charge in [0, 0.05) is 44.0 Å². The largest absolute Gasteiger partial charge is 0.497 e. The van der Waals surface area contributed by atoms with Gasteiger partial charge in [0.1, 0.15) is 11.4 Å². The fourth-order valence-electron chi connectivity index (χ4n) is 5.33. The molecular weight excluding hydrogens is 446 g/mol. The smallest absolute Gasteiger partial charge is 0.310 e. The van der Waals surface area contributed by atoms with E-state index in [-0.39, 0.29) is 17.8 Å². The molecule has 8 nitrogen and oxygen atoms in total. The normalized spacial score (nSPS) is 18.5. The molecule has 2 aliphatic heterocycles. The molecule has 2 aromatic rings. The van der Waals surface area contributed by atoms with Crippen LogP contribution in [-0.4, -0.2) is 74.5 Å². The van der Waals surface area contributed by atoms with Gasteiger partial charge < -0.3 is 28.6 Å². The number of likely N-dealkylation sites (tertiary alicyclic amines) is 1. The summed E-state index contributed by atoms with van der Waals surface area (Å²) in [5.41, 5.74) is 4.91. The Kier molecular flexibility index (Phi) is 8.00. The highest BCUT2D eigenvalue weighted by atomic mass is 16.5. The van der Waals surface area contributed by atoms with Crippen molar-refractivity contribution in [1.82, 2.24) is 9.47 Å². The average Bonchev–Trinajstić information content (AvgIpc) is 3.13. The molecule has 0 aliphatic carbocycles. The average molecular weight is 484 g/mol. The van der Waals surface area contributed by atoms with Crippen LogP contribution in [0.25, 0.3) is 0 Å². The molecular formula is C27H37N3O5. The summed E-state index contributed by atoms with van der Waals surface area (Å²) in [6.07, 6.45) is 1.55. The van der Waals surface area contributed by atoms with Gasteiger partial charge in [0.15, 0.2) is 0 Å². The molecule has 4 rings (SSSR count). The molecule has 0 spiro atoms. The number of aromatic nitrogens is 1. The van der Waals surface area contributed by atoms with Crippen molar-refractivity contribution in [3.63, 3.8) is 0 Å². The highest BCUT2D eigenvalue weighted by Gasteiger charge is 2.34. The second-order valence-corrected chi connectivity index (χ2v) is 9.29. The zero-order valence-electron chi connectivity index (χ0n) is 21.3. The maximum Gasteiger partial charge on any atom is 0.310 e. The van der Waals surface area contributed by atoms with E-state index in [0.29, 0.717) is 45.1 Å². The van der Waals surface area contributed by atoms with E-state index in [1.807, 2.05) is 36.9 Å². The fourth-order valence-corrected chi connectivity index (χ4v) is 5.33. The third kappa shape index (κ3) is 5.32. The van der Waals surface area contributed by atoms with Gasteiger partial charge in [0.25, 0.3) is 5.91 Å². The molecule has 8 heteroatoms. The van der Waals surface area contributed by atoms with Gasteiger partial charge in [-0.25, -0.2) is 0 Å². The van der Waals surface area contributed by atoms with Crippen molar-refractivity contribution in [1.29, 1.82) is 0 Å². The lowest BCUT2D eigenvalue weighted by molar-refractivity contribution is -0.149. The highest BCUT2D eigenvalue weighted by molar-refractivity contribution is 5.97. The Labute approximate surface area is 207 Å². The molecule has 0 N–H and O–H groups in total. The zero-order valence-corrected chi connectivity index (χ0v) is 21.3. The standard InChI is InChI=1S/C27H37N3O5/c1-5-35-27(32)22-9-7-11-29(18-22)26(31)25-19(2)24(28-12-14-34-15-13-28)20(3)30(25)17-21-8-6-10-23(16-21)33-4/h6,8,10,16,22H,5,7,9,11-15,17-18H2,1-4H3. The number of ether oxygens (including phenoxy) is 3. The summed E-state index contributed by atoms with van der Waals surface area (Å²) < 4.78 is 18.4. The number of nitrogens with zero attached hydrogens (tertiary/aromatic N) is 3. The van der Waals surface area contributed by atoms with Crippen LogP contribution >= 0.6 is 0 Å².